The van der Waals surface area contributed by atoms with Crippen LogP contribution in [0, 0.1) is 6.92 Å². The Morgan fingerprint density at radius 1 is 1.29 bits per heavy atom. The summed E-state index contributed by atoms with van der Waals surface area (Å²) >= 11 is 1.66. The van der Waals surface area contributed by atoms with Crippen molar-refractivity contribution in [2.75, 3.05) is 6.54 Å². The predicted octanol–water partition coefficient (Wildman–Crippen LogP) is 1.94. The SMILES string of the molecule is CCNCc1ccnc(Cc2csc(C)n2)n1. The standard InChI is InChI=1S/C12H16N4S/c1-3-13-7-10-4-5-14-12(16-10)6-11-8-17-9(2)15-11/h4-5,8,13H,3,6-7H2,1-2H3. The van der Waals surface area contributed by atoms with Gasteiger partial charge in [0.15, 0.2) is 0 Å². The van der Waals surface area contributed by atoms with E-state index in [1.807, 2.05) is 19.2 Å². The highest BCUT2D eigenvalue weighted by Gasteiger charge is 2.03. The van der Waals surface area contributed by atoms with Crippen LogP contribution in [0.3, 0.4) is 0 Å². The topological polar surface area (TPSA) is 50.7 Å². The van der Waals surface area contributed by atoms with E-state index in [0.717, 1.165) is 35.3 Å². The fourth-order valence-corrected chi connectivity index (χ4v) is 2.14. The van der Waals surface area contributed by atoms with Crippen LogP contribution in [0.4, 0.5) is 0 Å². The van der Waals surface area contributed by atoms with Gasteiger partial charge in [0, 0.05) is 18.1 Å². The minimum Gasteiger partial charge on any atom is -0.311 e. The van der Waals surface area contributed by atoms with Gasteiger partial charge in [0.25, 0.3) is 0 Å². The molecule has 0 bridgehead atoms. The second-order valence-electron chi connectivity index (χ2n) is 3.78. The van der Waals surface area contributed by atoms with Crippen molar-refractivity contribution in [3.63, 3.8) is 0 Å². The normalized spacial score (nSPS) is 10.7. The van der Waals surface area contributed by atoms with E-state index in [4.69, 9.17) is 0 Å². The maximum absolute atomic E-state index is 4.51. The van der Waals surface area contributed by atoms with Gasteiger partial charge in [0.1, 0.15) is 5.82 Å². The lowest BCUT2D eigenvalue weighted by Crippen LogP contribution is -2.13. The average molecular weight is 248 g/mol. The first-order chi connectivity index (χ1) is 8.28. The molecule has 0 aliphatic heterocycles. The summed E-state index contributed by atoms with van der Waals surface area (Å²) in [4.78, 5) is 13.2. The van der Waals surface area contributed by atoms with Gasteiger partial charge in [-0.25, -0.2) is 15.0 Å². The van der Waals surface area contributed by atoms with E-state index in [0.29, 0.717) is 6.42 Å². The predicted molar refractivity (Wildman–Crippen MR) is 69.1 cm³/mol. The van der Waals surface area contributed by atoms with Crippen molar-refractivity contribution in [2.45, 2.75) is 26.8 Å². The monoisotopic (exact) mass is 248 g/mol. The molecule has 0 fully saturated rings. The average Bonchev–Trinajstić information content (AvgIpc) is 2.73. The van der Waals surface area contributed by atoms with Gasteiger partial charge in [-0.1, -0.05) is 6.92 Å². The van der Waals surface area contributed by atoms with Crippen LogP contribution in [0.5, 0.6) is 0 Å². The third-order valence-electron chi connectivity index (χ3n) is 2.33. The summed E-state index contributed by atoms with van der Waals surface area (Å²) in [5.74, 6) is 0.839. The summed E-state index contributed by atoms with van der Waals surface area (Å²) in [5.41, 5.74) is 2.08. The van der Waals surface area contributed by atoms with Gasteiger partial charge in [-0.15, -0.1) is 11.3 Å². The van der Waals surface area contributed by atoms with Crippen LogP contribution in [0.15, 0.2) is 17.6 Å². The molecule has 0 aliphatic rings. The van der Waals surface area contributed by atoms with Crippen molar-refractivity contribution in [2.24, 2.45) is 0 Å². The van der Waals surface area contributed by atoms with E-state index in [2.05, 4.69) is 32.6 Å². The Balaban J connectivity index is 2.05. The van der Waals surface area contributed by atoms with Crippen LogP contribution in [-0.4, -0.2) is 21.5 Å². The lowest BCUT2D eigenvalue weighted by Gasteiger charge is -2.03. The van der Waals surface area contributed by atoms with Gasteiger partial charge in [-0.2, -0.15) is 0 Å². The van der Waals surface area contributed by atoms with E-state index in [1.165, 1.54) is 0 Å². The molecule has 90 valence electrons. The summed E-state index contributed by atoms with van der Waals surface area (Å²) in [7, 11) is 0. The van der Waals surface area contributed by atoms with Gasteiger partial charge in [0.05, 0.1) is 22.8 Å². The van der Waals surface area contributed by atoms with Crippen LogP contribution in [0.2, 0.25) is 0 Å². The molecule has 0 saturated heterocycles. The lowest BCUT2D eigenvalue weighted by molar-refractivity contribution is 0.702. The van der Waals surface area contributed by atoms with Crippen molar-refractivity contribution in [1.29, 1.82) is 0 Å². The third-order valence-corrected chi connectivity index (χ3v) is 3.15. The zero-order chi connectivity index (χ0) is 12.1. The molecule has 5 heteroatoms. The van der Waals surface area contributed by atoms with Gasteiger partial charge in [-0.05, 0) is 19.5 Å². The van der Waals surface area contributed by atoms with Crippen molar-refractivity contribution >= 4 is 11.3 Å². The molecule has 1 N–H and O–H groups in total. The summed E-state index contributed by atoms with van der Waals surface area (Å²) in [5, 5.41) is 6.41. The highest BCUT2D eigenvalue weighted by Crippen LogP contribution is 2.10. The zero-order valence-electron chi connectivity index (χ0n) is 10.1. The van der Waals surface area contributed by atoms with Crippen LogP contribution < -0.4 is 5.32 Å². The molecule has 0 spiro atoms. The third kappa shape index (κ3) is 3.57. The van der Waals surface area contributed by atoms with Gasteiger partial charge >= 0.3 is 0 Å². The fraction of sp³-hybridized carbons (Fsp3) is 0.417. The van der Waals surface area contributed by atoms with Gasteiger partial charge in [0.2, 0.25) is 0 Å². The molecule has 0 atom stereocenters. The fourth-order valence-electron chi connectivity index (χ4n) is 1.53. The first-order valence-electron chi connectivity index (χ1n) is 5.70. The molecule has 4 nitrogen and oxygen atoms in total. The minimum absolute atomic E-state index is 0.713. The molecule has 17 heavy (non-hydrogen) atoms. The van der Waals surface area contributed by atoms with Crippen LogP contribution in [0.25, 0.3) is 0 Å². The van der Waals surface area contributed by atoms with Gasteiger partial charge in [-0.3, -0.25) is 0 Å². The Morgan fingerprint density at radius 2 is 2.18 bits per heavy atom. The van der Waals surface area contributed by atoms with E-state index in [-0.39, 0.29) is 0 Å². The molecule has 0 saturated carbocycles. The summed E-state index contributed by atoms with van der Waals surface area (Å²) < 4.78 is 0. The number of rotatable bonds is 5. The van der Waals surface area contributed by atoms with Crippen LogP contribution >= 0.6 is 11.3 Å². The van der Waals surface area contributed by atoms with Crippen molar-refractivity contribution in [3.05, 3.63) is 39.9 Å². The Bertz CT molecular complexity index is 481. The maximum atomic E-state index is 4.51. The lowest BCUT2D eigenvalue weighted by atomic mass is 10.3. The van der Waals surface area contributed by atoms with Crippen molar-refractivity contribution < 1.29 is 0 Å². The number of nitrogens with one attached hydrogen (secondary N) is 1. The van der Waals surface area contributed by atoms with Crippen LogP contribution in [0.1, 0.15) is 29.1 Å². The maximum Gasteiger partial charge on any atom is 0.134 e. The largest absolute Gasteiger partial charge is 0.311 e. The molecule has 0 radical (unpaired) electrons. The second kappa shape index (κ2) is 5.84. The van der Waals surface area contributed by atoms with Crippen LogP contribution in [-0.2, 0) is 13.0 Å². The molecule has 2 rings (SSSR count). The van der Waals surface area contributed by atoms with Crippen molar-refractivity contribution in [1.82, 2.24) is 20.3 Å². The molecule has 0 aliphatic carbocycles. The first-order valence-corrected chi connectivity index (χ1v) is 6.58. The summed E-state index contributed by atoms with van der Waals surface area (Å²) in [6, 6.07) is 1.94. The van der Waals surface area contributed by atoms with Crippen molar-refractivity contribution in [3.8, 4) is 0 Å². The van der Waals surface area contributed by atoms with E-state index in [9.17, 15) is 0 Å². The molecule has 0 aromatic carbocycles. The number of aryl methyl sites for hydroxylation is 1. The van der Waals surface area contributed by atoms with E-state index < -0.39 is 0 Å². The Morgan fingerprint density at radius 3 is 2.88 bits per heavy atom. The first kappa shape index (κ1) is 12.1. The molecule has 0 unspecified atom stereocenters. The number of nitrogens with zero attached hydrogens (tertiary/aromatic N) is 3. The molecule has 2 aromatic rings. The number of aromatic nitrogens is 3. The Hall–Kier alpha value is -1.33. The number of thiazole rings is 1. The Kier molecular flexibility index (Phi) is 4.17. The highest BCUT2D eigenvalue weighted by atomic mass is 32.1. The molecular formula is C12H16N4S. The second-order valence-corrected chi connectivity index (χ2v) is 4.84. The molecule has 2 heterocycles. The quantitative estimate of drug-likeness (QED) is 0.878. The molecule has 0 amide bonds. The van der Waals surface area contributed by atoms with Gasteiger partial charge < -0.3 is 5.32 Å². The highest BCUT2D eigenvalue weighted by molar-refractivity contribution is 7.09. The molecule has 2 aromatic heterocycles. The summed E-state index contributed by atoms with van der Waals surface area (Å²) in [6.07, 6.45) is 2.53. The smallest absolute Gasteiger partial charge is 0.134 e. The van der Waals surface area contributed by atoms with E-state index in [1.54, 1.807) is 11.3 Å². The minimum atomic E-state index is 0.713. The zero-order valence-corrected chi connectivity index (χ0v) is 10.9. The Labute approximate surface area is 105 Å². The summed E-state index contributed by atoms with van der Waals surface area (Å²) in [6.45, 7) is 5.84. The number of hydrogen-bond acceptors (Lipinski definition) is 5. The van der Waals surface area contributed by atoms with E-state index >= 15 is 0 Å². The molecular weight excluding hydrogens is 232 g/mol. The number of hydrogen-bond donors (Lipinski definition) is 1.